The quantitative estimate of drug-likeness (QED) is 0.366. The molecule has 1 N–H and O–H groups in total. The van der Waals surface area contributed by atoms with Crippen molar-refractivity contribution >= 4 is 33.8 Å². The Morgan fingerprint density at radius 3 is 2.58 bits per heavy atom. The maximum atomic E-state index is 12.4. The van der Waals surface area contributed by atoms with E-state index in [0.717, 1.165) is 41.1 Å². The van der Waals surface area contributed by atoms with Crippen molar-refractivity contribution in [3.05, 3.63) is 16.2 Å². The largest absolute Gasteiger partial charge is 0.459 e. The average molecular weight is 434 g/mol. The topological polar surface area (TPSA) is 44.5 Å². The summed E-state index contributed by atoms with van der Waals surface area (Å²) >= 11 is 3.61. The number of aliphatic hydroxyl groups is 2. The van der Waals surface area contributed by atoms with Gasteiger partial charge in [-0.3, -0.25) is 0 Å². The van der Waals surface area contributed by atoms with E-state index in [4.69, 9.17) is 4.98 Å². The summed E-state index contributed by atoms with van der Waals surface area (Å²) in [5, 5.41) is 0. The maximum Gasteiger partial charge on any atom is 0.459 e. The van der Waals surface area contributed by atoms with Gasteiger partial charge in [0, 0.05) is 39.5 Å². The van der Waals surface area contributed by atoms with Crippen LogP contribution in [-0.4, -0.2) is 60.4 Å². The van der Waals surface area contributed by atoms with Crippen molar-refractivity contribution in [3.63, 3.8) is 0 Å². The molecule has 146 valence electrons. The molecule has 1 aliphatic carbocycles. The fourth-order valence-corrected chi connectivity index (χ4v) is 3.69. The predicted molar refractivity (Wildman–Crippen MR) is 106 cm³/mol. The molecule has 1 aromatic heterocycles. The first-order valence-corrected chi connectivity index (χ1v) is 9.73. The normalized spacial score (nSPS) is 20.8. The molecule has 0 spiro atoms. The van der Waals surface area contributed by atoms with Gasteiger partial charge in [-0.05, 0) is 48.7 Å². The van der Waals surface area contributed by atoms with Crippen molar-refractivity contribution in [1.82, 2.24) is 9.88 Å². The first-order valence-electron chi connectivity index (χ1n) is 8.94. The van der Waals surface area contributed by atoms with Crippen LogP contribution in [0.4, 0.5) is 20.3 Å². The Morgan fingerprint density at radius 1 is 1.35 bits per heavy atom. The van der Waals surface area contributed by atoms with Gasteiger partial charge < -0.3 is 14.5 Å². The summed E-state index contributed by atoms with van der Waals surface area (Å²) < 4.78 is 29.2. The average Bonchev–Trinajstić information content (AvgIpc) is 2.61. The zero-order valence-electron chi connectivity index (χ0n) is 15.8. The van der Waals surface area contributed by atoms with E-state index in [2.05, 4.69) is 37.5 Å². The first kappa shape index (κ1) is 21.0. The highest BCUT2D eigenvalue weighted by Crippen LogP contribution is 2.34. The lowest BCUT2D eigenvalue weighted by atomic mass is 9.92. The standard InChI is InChI=1S/C18H27BrF2N4O/c1-5-24(3)11-22-16-10-15(19)17(23-12(16)2)25(4)13-6-8-14(9-7-13)26-18(20)21/h10-11,13-14,18H,5-9H2,1-4H3/p+1. The molecule has 5 nitrogen and oxygen atoms in total. The van der Waals surface area contributed by atoms with Crippen LogP contribution in [0, 0.1) is 6.92 Å². The molecular weight excluding hydrogens is 406 g/mol. The third-order valence-electron chi connectivity index (χ3n) is 4.89. The molecule has 8 heteroatoms. The fourth-order valence-electron chi connectivity index (χ4n) is 3.11. The minimum absolute atomic E-state index is 0.218. The van der Waals surface area contributed by atoms with E-state index in [1.165, 1.54) is 0 Å². The molecule has 1 saturated carbocycles. The van der Waals surface area contributed by atoms with Crippen molar-refractivity contribution < 1.29 is 13.5 Å². The molecule has 0 radical (unpaired) electrons. The minimum atomic E-state index is -2.56. The number of pyridine rings is 1. The number of anilines is 1. The summed E-state index contributed by atoms with van der Waals surface area (Å²) in [6.07, 6.45) is 4.65. The van der Waals surface area contributed by atoms with E-state index in [-0.39, 0.29) is 12.1 Å². The lowest BCUT2D eigenvalue weighted by Gasteiger charge is -2.34. The van der Waals surface area contributed by atoms with Gasteiger partial charge in [0.25, 0.3) is 0 Å². The number of aliphatic imine (C=N–C) groups is 1. The van der Waals surface area contributed by atoms with Crippen LogP contribution in [0.3, 0.4) is 0 Å². The van der Waals surface area contributed by atoms with Crippen molar-refractivity contribution in [2.75, 3.05) is 25.5 Å². The smallest absolute Gasteiger partial charge is 0.376 e. The second kappa shape index (κ2) is 9.60. The summed E-state index contributed by atoms with van der Waals surface area (Å²) in [5.41, 5.74) is 1.69. The van der Waals surface area contributed by atoms with Crippen LogP contribution >= 0.6 is 15.9 Å². The molecule has 0 unspecified atom stereocenters. The molecule has 1 heterocycles. The molecular formula is C18H28BrF2N4O+. The highest BCUT2D eigenvalue weighted by Gasteiger charge is 2.30. The van der Waals surface area contributed by atoms with Gasteiger partial charge in [0.2, 0.25) is 0 Å². The monoisotopic (exact) mass is 433 g/mol. The Bertz CT molecular complexity index is 621. The zero-order valence-corrected chi connectivity index (χ0v) is 17.4. The SMILES string of the molecule is CCN(C)C=Nc1cc(Br)c(N(C)C2CCC([OH+]C(F)F)CC2)nc1C. The maximum absolute atomic E-state index is 12.4. The molecule has 1 fully saturated rings. The number of alkyl halides is 2. The van der Waals surface area contributed by atoms with Crippen LogP contribution < -0.4 is 4.90 Å². The number of aryl methyl sites for hydroxylation is 1. The van der Waals surface area contributed by atoms with Crippen LogP contribution in [0.5, 0.6) is 0 Å². The minimum Gasteiger partial charge on any atom is -0.376 e. The van der Waals surface area contributed by atoms with Crippen molar-refractivity contribution in [2.24, 2.45) is 4.99 Å². The van der Waals surface area contributed by atoms with Gasteiger partial charge in [-0.2, -0.15) is 0 Å². The number of nitrogens with zero attached hydrogens (tertiary/aromatic N) is 4. The van der Waals surface area contributed by atoms with Crippen molar-refractivity contribution in [3.8, 4) is 0 Å². The third-order valence-corrected chi connectivity index (χ3v) is 5.47. The van der Waals surface area contributed by atoms with E-state index in [1.807, 2.05) is 32.0 Å². The molecule has 0 atom stereocenters. The van der Waals surface area contributed by atoms with Gasteiger partial charge in [-0.1, -0.05) is 0 Å². The van der Waals surface area contributed by atoms with Gasteiger partial charge in [0.05, 0.1) is 22.2 Å². The van der Waals surface area contributed by atoms with E-state index in [0.29, 0.717) is 12.8 Å². The second-order valence-electron chi connectivity index (χ2n) is 6.72. The third kappa shape index (κ3) is 5.61. The summed E-state index contributed by atoms with van der Waals surface area (Å²) in [5.74, 6) is 0.861. The Morgan fingerprint density at radius 2 is 2.00 bits per heavy atom. The van der Waals surface area contributed by atoms with Gasteiger partial charge in [-0.25, -0.2) is 9.98 Å². The van der Waals surface area contributed by atoms with E-state index in [1.54, 1.807) is 6.34 Å². The fraction of sp³-hybridized carbons (Fsp3) is 0.667. The molecule has 1 aliphatic rings. The Balaban J connectivity index is 2.06. The van der Waals surface area contributed by atoms with Gasteiger partial charge >= 0.3 is 6.61 Å². The summed E-state index contributed by atoms with van der Waals surface area (Å²) in [6.45, 7) is 2.33. The summed E-state index contributed by atoms with van der Waals surface area (Å²) in [7, 11) is 3.98. The lowest BCUT2D eigenvalue weighted by Crippen LogP contribution is -2.39. The van der Waals surface area contributed by atoms with Crippen LogP contribution in [0.15, 0.2) is 15.5 Å². The van der Waals surface area contributed by atoms with Gasteiger partial charge in [0.15, 0.2) is 6.10 Å². The first-order chi connectivity index (χ1) is 12.3. The number of halogens is 3. The van der Waals surface area contributed by atoms with Crippen molar-refractivity contribution in [1.29, 1.82) is 0 Å². The highest BCUT2D eigenvalue weighted by molar-refractivity contribution is 9.10. The molecule has 1 aromatic rings. The number of rotatable bonds is 7. The Kier molecular flexibility index (Phi) is 7.76. The van der Waals surface area contributed by atoms with Crippen molar-refractivity contribution in [2.45, 2.75) is 58.3 Å². The highest BCUT2D eigenvalue weighted by atomic mass is 79.9. The number of ether oxygens (including phenoxy) is 1. The molecule has 0 bridgehead atoms. The summed E-state index contributed by atoms with van der Waals surface area (Å²) in [6, 6.07) is 2.26. The number of hydrogen-bond donors (Lipinski definition) is 0. The molecule has 0 aliphatic heterocycles. The van der Waals surface area contributed by atoms with Crippen LogP contribution in [-0.2, 0) is 0 Å². The molecule has 26 heavy (non-hydrogen) atoms. The van der Waals surface area contributed by atoms with Crippen LogP contribution in [0.2, 0.25) is 0 Å². The molecule has 0 saturated heterocycles. The molecule has 0 amide bonds. The molecule has 0 aromatic carbocycles. The van der Waals surface area contributed by atoms with Crippen LogP contribution in [0.25, 0.3) is 0 Å². The van der Waals surface area contributed by atoms with Gasteiger partial charge in [-0.15, -0.1) is 8.78 Å². The van der Waals surface area contributed by atoms with E-state index < -0.39 is 6.61 Å². The lowest BCUT2D eigenvalue weighted by molar-refractivity contribution is -0.279. The molecule has 2 rings (SSSR count). The van der Waals surface area contributed by atoms with Crippen LogP contribution in [0.1, 0.15) is 38.3 Å². The zero-order chi connectivity index (χ0) is 19.3. The predicted octanol–water partition coefficient (Wildman–Crippen LogP) is 4.26. The Hall–Kier alpha value is -1.28. The number of hydrogen-bond acceptors (Lipinski definition) is 3. The second-order valence-corrected chi connectivity index (χ2v) is 7.57. The summed E-state index contributed by atoms with van der Waals surface area (Å²) in [4.78, 5) is 13.4. The van der Waals surface area contributed by atoms with E-state index in [9.17, 15) is 8.78 Å². The Labute approximate surface area is 162 Å². The van der Waals surface area contributed by atoms with Gasteiger partial charge in [0.1, 0.15) is 5.82 Å². The number of aromatic nitrogens is 1. The van der Waals surface area contributed by atoms with E-state index >= 15 is 0 Å².